The fourth-order valence-electron chi connectivity index (χ4n) is 2.80. The Morgan fingerprint density at radius 3 is 2.44 bits per heavy atom. The fourth-order valence-corrected chi connectivity index (χ4v) is 3.16. The van der Waals surface area contributed by atoms with Crippen molar-refractivity contribution < 1.29 is 4.79 Å². The van der Waals surface area contributed by atoms with Gasteiger partial charge in [-0.3, -0.25) is 4.79 Å². The van der Waals surface area contributed by atoms with Crippen molar-refractivity contribution in [2.75, 3.05) is 49.6 Å². The molecule has 0 spiro atoms. The maximum absolute atomic E-state index is 12.5. The van der Waals surface area contributed by atoms with Gasteiger partial charge in [0, 0.05) is 33.2 Å². The van der Waals surface area contributed by atoms with E-state index in [9.17, 15) is 4.79 Å². The van der Waals surface area contributed by atoms with E-state index in [1.807, 2.05) is 36.2 Å². The van der Waals surface area contributed by atoms with E-state index in [-0.39, 0.29) is 12.5 Å². The van der Waals surface area contributed by atoms with E-state index >= 15 is 0 Å². The van der Waals surface area contributed by atoms with Crippen LogP contribution in [-0.2, 0) is 4.79 Å². The van der Waals surface area contributed by atoms with Gasteiger partial charge in [-0.1, -0.05) is 35.3 Å². The predicted octanol–water partition coefficient (Wildman–Crippen LogP) is 2.57. The number of piperazine rings is 1. The molecule has 3 rings (SSSR count). The molecule has 0 aliphatic carbocycles. The highest BCUT2D eigenvalue weighted by molar-refractivity contribution is 6.33. The molecule has 1 aromatic heterocycles. The van der Waals surface area contributed by atoms with Gasteiger partial charge in [0.05, 0.1) is 17.3 Å². The van der Waals surface area contributed by atoms with Crippen molar-refractivity contribution in [3.05, 3.63) is 46.6 Å². The highest BCUT2D eigenvalue weighted by Gasteiger charge is 2.23. The molecule has 2 aromatic rings. The van der Waals surface area contributed by atoms with Gasteiger partial charge in [0.2, 0.25) is 5.91 Å². The monoisotopic (exact) mass is 379 g/mol. The van der Waals surface area contributed by atoms with Crippen molar-refractivity contribution in [1.29, 1.82) is 0 Å². The van der Waals surface area contributed by atoms with Crippen LogP contribution in [0.25, 0.3) is 0 Å². The number of nitrogens with zero attached hydrogens (tertiary/aromatic N) is 5. The van der Waals surface area contributed by atoms with Gasteiger partial charge in [-0.25, -0.2) is 0 Å². The third kappa shape index (κ3) is 4.32. The number of carbonyl (C=O) groups excluding carboxylic acids is 1. The third-order valence-corrected chi connectivity index (χ3v) is 4.73. The Balaban J connectivity index is 1.55. The zero-order valence-corrected chi connectivity index (χ0v) is 15.4. The molecule has 0 radical (unpaired) electrons. The maximum Gasteiger partial charge on any atom is 0.242 e. The number of rotatable bonds is 4. The second kappa shape index (κ2) is 7.89. The van der Waals surface area contributed by atoms with E-state index in [4.69, 9.17) is 23.2 Å². The number of likely N-dealkylation sites (N-methyl/N-ethyl adjacent to an activating group) is 1. The minimum Gasteiger partial charge on any atom is -0.367 e. The van der Waals surface area contributed by atoms with Gasteiger partial charge < -0.3 is 14.7 Å². The molecule has 0 N–H and O–H groups in total. The van der Waals surface area contributed by atoms with Crippen molar-refractivity contribution in [2.24, 2.45) is 0 Å². The van der Waals surface area contributed by atoms with Crippen LogP contribution in [0.2, 0.25) is 10.2 Å². The summed E-state index contributed by atoms with van der Waals surface area (Å²) < 4.78 is 0. The van der Waals surface area contributed by atoms with E-state index in [0.29, 0.717) is 24.1 Å². The Labute approximate surface area is 156 Å². The quantitative estimate of drug-likeness (QED) is 0.816. The zero-order chi connectivity index (χ0) is 17.8. The Kier molecular flexibility index (Phi) is 5.60. The van der Waals surface area contributed by atoms with Gasteiger partial charge >= 0.3 is 0 Å². The molecule has 0 saturated carbocycles. The van der Waals surface area contributed by atoms with Crippen molar-refractivity contribution in [3.63, 3.8) is 0 Å². The number of anilines is 2. The van der Waals surface area contributed by atoms with Crippen LogP contribution in [0.4, 0.5) is 11.5 Å². The molecular formula is C17H19Cl2N5O. The number of halogens is 2. The van der Waals surface area contributed by atoms with Crippen LogP contribution >= 0.6 is 23.2 Å². The van der Waals surface area contributed by atoms with Gasteiger partial charge in [0.25, 0.3) is 0 Å². The van der Waals surface area contributed by atoms with Crippen molar-refractivity contribution in [1.82, 2.24) is 15.1 Å². The zero-order valence-electron chi connectivity index (χ0n) is 13.9. The van der Waals surface area contributed by atoms with Crippen LogP contribution in [0.3, 0.4) is 0 Å². The molecule has 1 fully saturated rings. The van der Waals surface area contributed by atoms with Gasteiger partial charge in [-0.05, 0) is 24.3 Å². The lowest BCUT2D eigenvalue weighted by Crippen LogP contribution is -2.51. The maximum atomic E-state index is 12.5. The molecule has 1 aliphatic heterocycles. The molecule has 6 nitrogen and oxygen atoms in total. The first-order valence-electron chi connectivity index (χ1n) is 8.02. The van der Waals surface area contributed by atoms with Crippen LogP contribution < -0.4 is 9.80 Å². The lowest BCUT2D eigenvalue weighted by Gasteiger charge is -2.37. The first kappa shape index (κ1) is 17.8. The smallest absolute Gasteiger partial charge is 0.242 e. The molecule has 1 saturated heterocycles. The SMILES string of the molecule is CN(CC(=O)N1CCN(c2ccccc2Cl)CC1)c1ccc(Cl)nn1. The predicted molar refractivity (Wildman–Crippen MR) is 101 cm³/mol. The summed E-state index contributed by atoms with van der Waals surface area (Å²) in [4.78, 5) is 18.4. The molecular weight excluding hydrogens is 361 g/mol. The fraction of sp³-hybridized carbons (Fsp3) is 0.353. The molecule has 2 heterocycles. The number of carbonyl (C=O) groups is 1. The van der Waals surface area contributed by atoms with E-state index in [1.54, 1.807) is 17.0 Å². The molecule has 0 atom stereocenters. The van der Waals surface area contributed by atoms with Crippen LogP contribution in [0, 0.1) is 0 Å². The molecule has 0 unspecified atom stereocenters. The molecule has 1 aliphatic rings. The average Bonchev–Trinajstić information content (AvgIpc) is 2.63. The molecule has 1 amide bonds. The lowest BCUT2D eigenvalue weighted by atomic mass is 10.2. The number of para-hydroxylation sites is 1. The molecule has 25 heavy (non-hydrogen) atoms. The van der Waals surface area contributed by atoms with Crippen molar-refractivity contribution in [2.45, 2.75) is 0 Å². The van der Waals surface area contributed by atoms with Crippen molar-refractivity contribution >= 4 is 40.6 Å². The average molecular weight is 380 g/mol. The third-order valence-electron chi connectivity index (χ3n) is 4.21. The van der Waals surface area contributed by atoms with Gasteiger partial charge in [-0.2, -0.15) is 0 Å². The molecule has 0 bridgehead atoms. The van der Waals surface area contributed by atoms with Crippen LogP contribution in [0.5, 0.6) is 0 Å². The Hall–Kier alpha value is -2.05. The van der Waals surface area contributed by atoms with Gasteiger partial charge in [0.15, 0.2) is 11.0 Å². The summed E-state index contributed by atoms with van der Waals surface area (Å²) in [6.45, 7) is 3.12. The number of hydrogen-bond donors (Lipinski definition) is 0. The summed E-state index contributed by atoms with van der Waals surface area (Å²) in [5.41, 5.74) is 1.02. The Morgan fingerprint density at radius 1 is 1.08 bits per heavy atom. The highest BCUT2D eigenvalue weighted by Crippen LogP contribution is 2.26. The highest BCUT2D eigenvalue weighted by atomic mass is 35.5. The normalized spacial score (nSPS) is 14.5. The largest absolute Gasteiger partial charge is 0.367 e. The Morgan fingerprint density at radius 2 is 1.80 bits per heavy atom. The topological polar surface area (TPSA) is 52.6 Å². The standard InChI is InChI=1S/C17H19Cl2N5O/c1-22(16-7-6-15(19)20-21-16)12-17(25)24-10-8-23(9-11-24)14-5-3-2-4-13(14)18/h2-7H,8-12H2,1H3. The van der Waals surface area contributed by atoms with Crippen LogP contribution in [0.1, 0.15) is 0 Å². The van der Waals surface area contributed by atoms with Crippen LogP contribution in [0.15, 0.2) is 36.4 Å². The van der Waals surface area contributed by atoms with Crippen molar-refractivity contribution in [3.8, 4) is 0 Å². The summed E-state index contributed by atoms with van der Waals surface area (Å²) in [5.74, 6) is 0.686. The number of aromatic nitrogens is 2. The summed E-state index contributed by atoms with van der Waals surface area (Å²) in [7, 11) is 1.82. The number of hydrogen-bond acceptors (Lipinski definition) is 5. The van der Waals surface area contributed by atoms with E-state index < -0.39 is 0 Å². The first-order valence-corrected chi connectivity index (χ1v) is 8.78. The summed E-state index contributed by atoms with van der Waals surface area (Å²) in [5, 5.41) is 8.86. The first-order chi connectivity index (χ1) is 12.0. The molecule has 1 aromatic carbocycles. The number of benzene rings is 1. The summed E-state index contributed by atoms with van der Waals surface area (Å²) >= 11 is 12.0. The van der Waals surface area contributed by atoms with E-state index in [2.05, 4.69) is 15.1 Å². The van der Waals surface area contributed by atoms with E-state index in [1.165, 1.54) is 0 Å². The minimum atomic E-state index is 0.0676. The minimum absolute atomic E-state index is 0.0676. The second-order valence-electron chi connectivity index (χ2n) is 5.89. The summed E-state index contributed by atoms with van der Waals surface area (Å²) in [6, 6.07) is 11.2. The van der Waals surface area contributed by atoms with Gasteiger partial charge in [0.1, 0.15) is 0 Å². The van der Waals surface area contributed by atoms with Crippen LogP contribution in [-0.4, -0.2) is 60.8 Å². The van der Waals surface area contributed by atoms with Gasteiger partial charge in [-0.15, -0.1) is 10.2 Å². The number of amides is 1. The molecule has 132 valence electrons. The second-order valence-corrected chi connectivity index (χ2v) is 6.68. The molecule has 8 heteroatoms. The lowest BCUT2D eigenvalue weighted by molar-refractivity contribution is -0.129. The summed E-state index contributed by atoms with van der Waals surface area (Å²) in [6.07, 6.45) is 0. The van der Waals surface area contributed by atoms with E-state index in [0.717, 1.165) is 23.8 Å². The Bertz CT molecular complexity index is 732.